The van der Waals surface area contributed by atoms with Crippen LogP contribution in [-0.2, 0) is 4.79 Å². The van der Waals surface area contributed by atoms with Gasteiger partial charge in [-0.15, -0.1) is 0 Å². The van der Waals surface area contributed by atoms with Crippen LogP contribution < -0.4 is 16.5 Å². The van der Waals surface area contributed by atoms with E-state index in [0.717, 1.165) is 12.8 Å². The van der Waals surface area contributed by atoms with E-state index in [1.54, 1.807) is 29.2 Å². The van der Waals surface area contributed by atoms with E-state index in [2.05, 4.69) is 10.3 Å². The first-order valence-corrected chi connectivity index (χ1v) is 7.98. The summed E-state index contributed by atoms with van der Waals surface area (Å²) in [5.41, 5.74) is 6.13. The van der Waals surface area contributed by atoms with Crippen molar-refractivity contribution in [1.29, 1.82) is 0 Å². The highest BCUT2D eigenvalue weighted by molar-refractivity contribution is 5.98. The zero-order valence-corrected chi connectivity index (χ0v) is 13.2. The van der Waals surface area contributed by atoms with Gasteiger partial charge in [0.15, 0.2) is 0 Å². The summed E-state index contributed by atoms with van der Waals surface area (Å²) in [5.74, 6) is -0.712. The second-order valence-corrected chi connectivity index (χ2v) is 5.98. The number of piperidine rings is 1. The number of hydrogen-bond donors (Lipinski definition) is 3. The van der Waals surface area contributed by atoms with Gasteiger partial charge in [0.05, 0.1) is 6.54 Å². The van der Waals surface area contributed by atoms with Crippen molar-refractivity contribution in [1.82, 2.24) is 15.2 Å². The fourth-order valence-electron chi connectivity index (χ4n) is 2.85. The molecule has 1 fully saturated rings. The topological polar surface area (TPSA) is 108 Å². The number of amides is 2. The number of pyridine rings is 1. The molecule has 4 N–H and O–H groups in total. The lowest BCUT2D eigenvalue weighted by Gasteiger charge is -2.30. The Balaban J connectivity index is 1.66. The second kappa shape index (κ2) is 6.84. The van der Waals surface area contributed by atoms with E-state index < -0.39 is 5.91 Å². The van der Waals surface area contributed by atoms with Gasteiger partial charge < -0.3 is 20.9 Å². The zero-order valence-electron chi connectivity index (χ0n) is 13.2. The largest absolute Gasteiger partial charge is 0.360 e. The summed E-state index contributed by atoms with van der Waals surface area (Å²) in [5, 5.41) is 2.98. The number of nitrogens with two attached hydrogens (primary N) is 1. The number of rotatable bonds is 3. The lowest BCUT2D eigenvalue weighted by atomic mass is 10.1. The zero-order chi connectivity index (χ0) is 17.1. The third kappa shape index (κ3) is 3.30. The van der Waals surface area contributed by atoms with Gasteiger partial charge in [-0.2, -0.15) is 0 Å². The smallest absolute Gasteiger partial charge is 0.257 e. The molecule has 1 aromatic heterocycles. The van der Waals surface area contributed by atoms with Crippen LogP contribution in [0.1, 0.15) is 23.2 Å². The third-order valence-electron chi connectivity index (χ3n) is 4.33. The summed E-state index contributed by atoms with van der Waals surface area (Å²) in [6.07, 6.45) is 2.92. The molecule has 2 aromatic rings. The van der Waals surface area contributed by atoms with Crippen LogP contribution in [0.2, 0.25) is 0 Å². The Hall–Kier alpha value is -2.67. The number of hydrogen-bond acceptors (Lipinski definition) is 4. The average molecular weight is 328 g/mol. The first-order valence-electron chi connectivity index (χ1n) is 7.98. The first-order chi connectivity index (χ1) is 11.6. The van der Waals surface area contributed by atoms with Crippen molar-refractivity contribution >= 4 is 22.7 Å². The molecule has 2 amide bonds. The average Bonchev–Trinajstić information content (AvgIpc) is 2.60. The number of para-hydroxylation sites is 1. The highest BCUT2D eigenvalue weighted by atomic mass is 16.2. The minimum absolute atomic E-state index is 0.00201. The van der Waals surface area contributed by atoms with Gasteiger partial charge in [-0.3, -0.25) is 14.4 Å². The Morgan fingerprint density at radius 3 is 2.71 bits per heavy atom. The van der Waals surface area contributed by atoms with Gasteiger partial charge in [0.2, 0.25) is 11.3 Å². The molecule has 0 atom stereocenters. The van der Waals surface area contributed by atoms with Crippen molar-refractivity contribution in [3.05, 3.63) is 46.2 Å². The monoisotopic (exact) mass is 328 g/mol. The third-order valence-corrected chi connectivity index (χ3v) is 4.33. The highest BCUT2D eigenvalue weighted by Crippen LogP contribution is 2.09. The number of likely N-dealkylation sites (tertiary alicyclic amines) is 1. The maximum atomic E-state index is 12.4. The SMILES string of the molecule is NC1CCN(C(=O)CNC(=O)c2c[nH]c3ccccc3c2=O)CC1. The van der Waals surface area contributed by atoms with Gasteiger partial charge in [-0.1, -0.05) is 12.1 Å². The van der Waals surface area contributed by atoms with E-state index in [-0.39, 0.29) is 29.5 Å². The van der Waals surface area contributed by atoms with Crippen LogP contribution in [-0.4, -0.2) is 47.4 Å². The number of benzene rings is 1. The number of carbonyl (C=O) groups excluding carboxylic acids is 2. The van der Waals surface area contributed by atoms with Gasteiger partial charge in [-0.05, 0) is 25.0 Å². The molecular formula is C17H20N4O3. The van der Waals surface area contributed by atoms with Gasteiger partial charge in [0.25, 0.3) is 5.91 Å². The van der Waals surface area contributed by atoms with Crippen molar-refractivity contribution in [3.8, 4) is 0 Å². The Bertz CT molecular complexity index is 822. The highest BCUT2D eigenvalue weighted by Gasteiger charge is 2.21. The number of H-pyrrole nitrogens is 1. The Kier molecular flexibility index (Phi) is 4.61. The van der Waals surface area contributed by atoms with Gasteiger partial charge >= 0.3 is 0 Å². The Labute approximate surface area is 138 Å². The summed E-state index contributed by atoms with van der Waals surface area (Å²) >= 11 is 0. The number of nitrogens with zero attached hydrogens (tertiary/aromatic N) is 1. The number of nitrogens with one attached hydrogen (secondary N) is 2. The molecule has 0 unspecified atom stereocenters. The number of carbonyl (C=O) groups is 2. The van der Waals surface area contributed by atoms with E-state index in [0.29, 0.717) is 24.0 Å². The molecule has 1 aliphatic heterocycles. The molecule has 0 spiro atoms. The van der Waals surface area contributed by atoms with Crippen molar-refractivity contribution in [3.63, 3.8) is 0 Å². The Morgan fingerprint density at radius 2 is 1.96 bits per heavy atom. The molecule has 0 aliphatic carbocycles. The lowest BCUT2D eigenvalue weighted by molar-refractivity contribution is -0.131. The molecule has 1 aromatic carbocycles. The molecule has 2 heterocycles. The fraction of sp³-hybridized carbons (Fsp3) is 0.353. The quantitative estimate of drug-likeness (QED) is 0.748. The summed E-state index contributed by atoms with van der Waals surface area (Å²) in [6, 6.07) is 7.11. The minimum Gasteiger partial charge on any atom is -0.360 e. The molecule has 7 nitrogen and oxygen atoms in total. The standard InChI is InChI=1S/C17H20N4O3/c18-11-5-7-21(8-6-11)15(22)10-20-17(24)13-9-19-14-4-2-1-3-12(14)16(13)23/h1-4,9,11H,5-8,10,18H2,(H,19,23)(H,20,24). The molecule has 0 bridgehead atoms. The van der Waals surface area contributed by atoms with Crippen LogP contribution in [0.25, 0.3) is 10.9 Å². The predicted octanol–water partition coefficient (Wildman–Crippen LogP) is 0.208. The maximum absolute atomic E-state index is 12.4. The molecule has 126 valence electrons. The predicted molar refractivity (Wildman–Crippen MR) is 90.7 cm³/mol. The molecule has 1 saturated heterocycles. The van der Waals surface area contributed by atoms with Gasteiger partial charge in [-0.25, -0.2) is 0 Å². The van der Waals surface area contributed by atoms with Crippen LogP contribution in [0, 0.1) is 0 Å². The van der Waals surface area contributed by atoms with Crippen molar-refractivity contribution < 1.29 is 9.59 Å². The molecule has 0 saturated carbocycles. The van der Waals surface area contributed by atoms with Gasteiger partial charge in [0, 0.05) is 36.2 Å². The lowest BCUT2D eigenvalue weighted by Crippen LogP contribution is -2.47. The van der Waals surface area contributed by atoms with Crippen LogP contribution in [0.3, 0.4) is 0 Å². The number of aromatic nitrogens is 1. The van der Waals surface area contributed by atoms with Gasteiger partial charge in [0.1, 0.15) is 5.56 Å². The molecule has 24 heavy (non-hydrogen) atoms. The summed E-state index contributed by atoms with van der Waals surface area (Å²) in [4.78, 5) is 41.3. The van der Waals surface area contributed by atoms with E-state index >= 15 is 0 Å². The van der Waals surface area contributed by atoms with E-state index in [1.165, 1.54) is 6.20 Å². The van der Waals surface area contributed by atoms with E-state index in [4.69, 9.17) is 5.73 Å². The summed E-state index contributed by atoms with van der Waals surface area (Å²) < 4.78 is 0. The van der Waals surface area contributed by atoms with Crippen molar-refractivity contribution in [2.24, 2.45) is 5.73 Å². The molecule has 1 aliphatic rings. The Morgan fingerprint density at radius 1 is 1.25 bits per heavy atom. The first kappa shape index (κ1) is 16.2. The van der Waals surface area contributed by atoms with Crippen LogP contribution in [0.4, 0.5) is 0 Å². The van der Waals surface area contributed by atoms with Crippen LogP contribution in [0.5, 0.6) is 0 Å². The molecule has 7 heteroatoms. The summed E-state index contributed by atoms with van der Waals surface area (Å²) in [7, 11) is 0. The van der Waals surface area contributed by atoms with Crippen molar-refractivity contribution in [2.45, 2.75) is 18.9 Å². The minimum atomic E-state index is -0.552. The fourth-order valence-corrected chi connectivity index (χ4v) is 2.85. The maximum Gasteiger partial charge on any atom is 0.257 e. The summed E-state index contributed by atoms with van der Waals surface area (Å²) in [6.45, 7) is 1.08. The number of aromatic amines is 1. The molecule has 0 radical (unpaired) electrons. The second-order valence-electron chi connectivity index (χ2n) is 5.98. The van der Waals surface area contributed by atoms with Crippen LogP contribution >= 0.6 is 0 Å². The normalized spacial score (nSPS) is 15.5. The van der Waals surface area contributed by atoms with E-state index in [1.807, 2.05) is 0 Å². The van der Waals surface area contributed by atoms with Crippen molar-refractivity contribution in [2.75, 3.05) is 19.6 Å². The van der Waals surface area contributed by atoms with Crippen LogP contribution in [0.15, 0.2) is 35.3 Å². The molecule has 3 rings (SSSR count). The number of fused-ring (bicyclic) bond motifs is 1. The molecular weight excluding hydrogens is 308 g/mol. The van der Waals surface area contributed by atoms with E-state index in [9.17, 15) is 14.4 Å².